The molecule has 0 saturated carbocycles. The van der Waals surface area contributed by atoms with Crippen LogP contribution in [0.3, 0.4) is 0 Å². The third-order valence-corrected chi connectivity index (χ3v) is 2.18. The molecular formula is C13H20BF4N3. The summed E-state index contributed by atoms with van der Waals surface area (Å²) in [5.74, 6) is 0. The van der Waals surface area contributed by atoms with Gasteiger partial charge in [0, 0.05) is 38.0 Å². The van der Waals surface area contributed by atoms with Crippen LogP contribution in [0.4, 0.5) is 17.3 Å². The van der Waals surface area contributed by atoms with Gasteiger partial charge in [0.2, 0.25) is 0 Å². The molecule has 0 bridgehead atoms. The van der Waals surface area contributed by atoms with E-state index < -0.39 is 7.25 Å². The number of rotatable bonds is 3. The van der Waals surface area contributed by atoms with Gasteiger partial charge < -0.3 is 21.8 Å². The molecular weight excluding hydrogens is 285 g/mol. The van der Waals surface area contributed by atoms with Gasteiger partial charge in [-0.1, -0.05) is 19.4 Å². The number of unbranched alkanes of at least 4 members (excludes halogenated alkanes) is 1. The van der Waals surface area contributed by atoms with E-state index in [4.69, 9.17) is 0 Å². The van der Waals surface area contributed by atoms with Crippen molar-refractivity contribution in [3.05, 3.63) is 49.3 Å². The number of pyridine rings is 1. The summed E-state index contributed by atoms with van der Waals surface area (Å²) in [4.78, 5) is 3.78. The average molecular weight is 305 g/mol. The SMILES string of the molecule is CCCC[n+]1ccccc1.Cn1ccnc1.F[B-](F)(F)F. The number of aromatic nitrogens is 3. The standard InChI is InChI=1S/C9H14N.C4H6N2.BF4/c1-2-3-7-10-8-5-4-6-9-10;1-6-3-2-5-4-6;2-1(3,4)5/h4-6,8-9H,2-3,7H2,1H3;2-4H,1H3;/q+1;;-1. The number of halogens is 4. The van der Waals surface area contributed by atoms with Crippen molar-refractivity contribution in [2.24, 2.45) is 7.05 Å². The fourth-order valence-corrected chi connectivity index (χ4v) is 1.25. The summed E-state index contributed by atoms with van der Waals surface area (Å²) in [5.41, 5.74) is 0. The molecule has 0 unspecified atom stereocenters. The number of hydrogen-bond donors (Lipinski definition) is 0. The highest BCUT2D eigenvalue weighted by atomic mass is 19.5. The second-order valence-corrected chi connectivity index (χ2v) is 4.19. The van der Waals surface area contributed by atoms with E-state index in [-0.39, 0.29) is 0 Å². The first kappa shape index (κ1) is 19.1. The summed E-state index contributed by atoms with van der Waals surface area (Å²) in [6, 6.07) is 6.17. The van der Waals surface area contributed by atoms with Crippen LogP contribution >= 0.6 is 0 Å². The van der Waals surface area contributed by atoms with Gasteiger partial charge in [0.05, 0.1) is 6.33 Å². The van der Waals surface area contributed by atoms with Crippen molar-refractivity contribution in [1.82, 2.24) is 9.55 Å². The number of hydrogen-bond acceptors (Lipinski definition) is 1. The van der Waals surface area contributed by atoms with E-state index in [1.165, 1.54) is 12.8 Å². The molecule has 0 atom stereocenters. The van der Waals surface area contributed by atoms with Gasteiger partial charge in [0.1, 0.15) is 6.54 Å². The van der Waals surface area contributed by atoms with E-state index in [1.807, 2.05) is 23.9 Å². The van der Waals surface area contributed by atoms with Gasteiger partial charge in [-0.2, -0.15) is 0 Å². The zero-order valence-corrected chi connectivity index (χ0v) is 12.2. The first-order chi connectivity index (χ1) is 9.83. The summed E-state index contributed by atoms with van der Waals surface area (Å²) in [5, 5.41) is 0. The average Bonchev–Trinajstić information content (AvgIpc) is 2.87. The van der Waals surface area contributed by atoms with E-state index in [0.717, 1.165) is 6.54 Å². The second-order valence-electron chi connectivity index (χ2n) is 4.19. The molecule has 0 aliphatic heterocycles. The van der Waals surface area contributed by atoms with E-state index in [9.17, 15) is 17.3 Å². The van der Waals surface area contributed by atoms with E-state index in [2.05, 4.69) is 41.0 Å². The quantitative estimate of drug-likeness (QED) is 0.483. The summed E-state index contributed by atoms with van der Waals surface area (Å²) in [6.45, 7) is 3.36. The molecule has 0 spiro atoms. The lowest BCUT2D eigenvalue weighted by Crippen LogP contribution is -2.31. The molecule has 0 N–H and O–H groups in total. The van der Waals surface area contributed by atoms with Crippen molar-refractivity contribution in [1.29, 1.82) is 0 Å². The van der Waals surface area contributed by atoms with Crippen LogP contribution in [0.1, 0.15) is 19.8 Å². The number of nitrogens with zero attached hydrogens (tertiary/aromatic N) is 3. The zero-order chi connectivity index (χ0) is 16.1. The molecule has 0 radical (unpaired) electrons. The van der Waals surface area contributed by atoms with Crippen molar-refractivity contribution in [3.63, 3.8) is 0 Å². The minimum absolute atomic E-state index is 1.15. The zero-order valence-electron chi connectivity index (χ0n) is 12.2. The predicted molar refractivity (Wildman–Crippen MR) is 74.9 cm³/mol. The van der Waals surface area contributed by atoms with Crippen LogP contribution < -0.4 is 4.57 Å². The van der Waals surface area contributed by atoms with Gasteiger partial charge in [-0.3, -0.25) is 0 Å². The lowest BCUT2D eigenvalue weighted by atomic mass is 10.3. The van der Waals surface area contributed by atoms with Crippen LogP contribution in [0.25, 0.3) is 0 Å². The Morgan fingerprint density at radius 1 is 1.10 bits per heavy atom. The van der Waals surface area contributed by atoms with Gasteiger partial charge in [-0.15, -0.1) is 0 Å². The molecule has 8 heteroatoms. The second kappa shape index (κ2) is 10.9. The maximum Gasteiger partial charge on any atom is 0.673 e. The Kier molecular flexibility index (Phi) is 9.92. The highest BCUT2D eigenvalue weighted by Gasteiger charge is 2.20. The number of aryl methyl sites for hydroxylation is 2. The highest BCUT2D eigenvalue weighted by Crippen LogP contribution is 2.06. The Morgan fingerprint density at radius 2 is 1.67 bits per heavy atom. The van der Waals surface area contributed by atoms with Crippen LogP contribution in [0.2, 0.25) is 0 Å². The van der Waals surface area contributed by atoms with Crippen LogP contribution in [0.15, 0.2) is 49.3 Å². The lowest BCUT2D eigenvalue weighted by molar-refractivity contribution is -0.697. The van der Waals surface area contributed by atoms with Crippen molar-refractivity contribution >= 4 is 7.25 Å². The molecule has 0 amide bonds. The summed E-state index contributed by atoms with van der Waals surface area (Å²) >= 11 is 0. The smallest absolute Gasteiger partial charge is 0.418 e. The molecule has 2 rings (SSSR count). The number of imidazole rings is 1. The predicted octanol–water partition coefficient (Wildman–Crippen LogP) is 3.49. The summed E-state index contributed by atoms with van der Waals surface area (Å²) in [6.07, 6.45) is 12.1. The molecule has 21 heavy (non-hydrogen) atoms. The largest absolute Gasteiger partial charge is 0.673 e. The van der Waals surface area contributed by atoms with Crippen LogP contribution in [0, 0.1) is 0 Å². The fourth-order valence-electron chi connectivity index (χ4n) is 1.25. The van der Waals surface area contributed by atoms with Gasteiger partial charge >= 0.3 is 7.25 Å². The van der Waals surface area contributed by atoms with Crippen LogP contribution in [0.5, 0.6) is 0 Å². The Hall–Kier alpha value is -1.86. The first-order valence-corrected chi connectivity index (χ1v) is 6.56. The molecule has 0 saturated heterocycles. The monoisotopic (exact) mass is 305 g/mol. The Bertz CT molecular complexity index is 440. The van der Waals surface area contributed by atoms with Crippen molar-refractivity contribution in [2.75, 3.05) is 0 Å². The first-order valence-electron chi connectivity index (χ1n) is 6.56. The molecule has 2 aromatic rings. The van der Waals surface area contributed by atoms with Crippen LogP contribution in [-0.4, -0.2) is 16.8 Å². The van der Waals surface area contributed by atoms with Gasteiger partial charge in [0.15, 0.2) is 12.4 Å². The highest BCUT2D eigenvalue weighted by molar-refractivity contribution is 6.50. The van der Waals surface area contributed by atoms with Crippen molar-refractivity contribution < 1.29 is 21.8 Å². The third kappa shape index (κ3) is 16.1. The Labute approximate surface area is 122 Å². The molecule has 0 aliphatic rings. The topological polar surface area (TPSA) is 21.7 Å². The minimum atomic E-state index is -6.00. The molecule has 2 heterocycles. The molecule has 3 nitrogen and oxygen atoms in total. The van der Waals surface area contributed by atoms with Crippen molar-refractivity contribution in [3.8, 4) is 0 Å². The van der Waals surface area contributed by atoms with Gasteiger partial charge in [0.25, 0.3) is 0 Å². The molecule has 0 aromatic carbocycles. The maximum absolute atomic E-state index is 9.75. The molecule has 118 valence electrons. The molecule has 0 aliphatic carbocycles. The minimum Gasteiger partial charge on any atom is -0.418 e. The Morgan fingerprint density at radius 3 is 2.00 bits per heavy atom. The molecule has 2 aromatic heterocycles. The third-order valence-electron chi connectivity index (χ3n) is 2.18. The maximum atomic E-state index is 9.75. The molecule has 0 fully saturated rings. The van der Waals surface area contributed by atoms with Gasteiger partial charge in [-0.05, 0) is 0 Å². The van der Waals surface area contributed by atoms with E-state index in [1.54, 1.807) is 12.5 Å². The summed E-state index contributed by atoms with van der Waals surface area (Å²) < 4.78 is 43.1. The Balaban J connectivity index is 0.000000312. The van der Waals surface area contributed by atoms with Gasteiger partial charge in [-0.25, -0.2) is 9.55 Å². The van der Waals surface area contributed by atoms with Crippen LogP contribution in [-0.2, 0) is 13.6 Å². The fraction of sp³-hybridized carbons (Fsp3) is 0.385. The van der Waals surface area contributed by atoms with E-state index >= 15 is 0 Å². The normalized spacial score (nSPS) is 10.0. The summed E-state index contributed by atoms with van der Waals surface area (Å²) in [7, 11) is -4.06. The lowest BCUT2D eigenvalue weighted by Gasteiger charge is -1.94. The van der Waals surface area contributed by atoms with E-state index in [0.29, 0.717) is 0 Å². The van der Waals surface area contributed by atoms with Crippen molar-refractivity contribution in [2.45, 2.75) is 26.3 Å².